The van der Waals surface area contributed by atoms with E-state index in [4.69, 9.17) is 15.1 Å². The molecule has 0 saturated carbocycles. The number of hydrogen-bond acceptors (Lipinski definition) is 4. The van der Waals surface area contributed by atoms with Gasteiger partial charge in [-0.25, -0.2) is 4.79 Å². The molecule has 1 aromatic rings. The second-order valence-corrected chi connectivity index (χ2v) is 3.05. The molecular weight excluding hydrogens is 222 g/mol. The van der Waals surface area contributed by atoms with Crippen LogP contribution >= 0.6 is 0 Å². The summed E-state index contributed by atoms with van der Waals surface area (Å²) in [6.07, 6.45) is 2.65. The van der Waals surface area contributed by atoms with Gasteiger partial charge in [-0.1, -0.05) is 0 Å². The minimum absolute atomic E-state index is 0.0943. The Morgan fingerprint density at radius 3 is 2.71 bits per heavy atom. The van der Waals surface area contributed by atoms with Gasteiger partial charge in [-0.3, -0.25) is 4.79 Å². The molecule has 5 nitrogen and oxygen atoms in total. The van der Waals surface area contributed by atoms with Crippen LogP contribution in [0.5, 0.6) is 5.75 Å². The fourth-order valence-electron chi connectivity index (χ4n) is 1.34. The Kier molecular flexibility index (Phi) is 4.01. The lowest BCUT2D eigenvalue weighted by molar-refractivity contribution is -0.131. The molecule has 0 amide bonds. The number of ether oxygens (including phenoxy) is 1. The molecule has 0 aromatic heterocycles. The average Bonchev–Trinajstić information content (AvgIpc) is 2.34. The van der Waals surface area contributed by atoms with Gasteiger partial charge in [0.1, 0.15) is 11.8 Å². The molecule has 0 saturated heterocycles. The summed E-state index contributed by atoms with van der Waals surface area (Å²) in [4.78, 5) is 21.2. The van der Waals surface area contributed by atoms with E-state index >= 15 is 0 Å². The number of benzene rings is 1. The van der Waals surface area contributed by atoms with E-state index in [2.05, 4.69) is 0 Å². The van der Waals surface area contributed by atoms with E-state index in [9.17, 15) is 9.59 Å². The second kappa shape index (κ2) is 5.47. The lowest BCUT2D eigenvalue weighted by Gasteiger charge is -2.07. The summed E-state index contributed by atoms with van der Waals surface area (Å²) in [5.41, 5.74) is 0.567. The molecule has 0 unspecified atom stereocenters. The third-order valence-electron chi connectivity index (χ3n) is 2.09. The number of carboxylic acid groups (broad SMARTS) is 1. The number of carboxylic acids is 1. The van der Waals surface area contributed by atoms with Crippen LogP contribution in [0.3, 0.4) is 0 Å². The van der Waals surface area contributed by atoms with Gasteiger partial charge in [0.15, 0.2) is 6.29 Å². The first-order valence-corrected chi connectivity index (χ1v) is 4.61. The van der Waals surface area contributed by atoms with E-state index in [0.717, 1.165) is 6.08 Å². The monoisotopic (exact) mass is 231 g/mol. The van der Waals surface area contributed by atoms with Crippen LogP contribution in [-0.2, 0) is 4.79 Å². The zero-order chi connectivity index (χ0) is 12.8. The van der Waals surface area contributed by atoms with Crippen LogP contribution in [0, 0.1) is 11.3 Å². The Balaban J connectivity index is 3.46. The largest absolute Gasteiger partial charge is 0.496 e. The Morgan fingerprint density at radius 1 is 1.53 bits per heavy atom. The maximum atomic E-state index is 10.7. The maximum Gasteiger partial charge on any atom is 0.328 e. The summed E-state index contributed by atoms with van der Waals surface area (Å²) in [5, 5.41) is 17.5. The van der Waals surface area contributed by atoms with Crippen molar-refractivity contribution in [2.24, 2.45) is 0 Å². The van der Waals surface area contributed by atoms with Crippen molar-refractivity contribution in [1.29, 1.82) is 5.26 Å². The molecule has 1 aromatic carbocycles. The molecule has 1 N–H and O–H groups in total. The van der Waals surface area contributed by atoms with Crippen LogP contribution < -0.4 is 4.74 Å². The summed E-state index contributed by atoms with van der Waals surface area (Å²) >= 11 is 0. The molecule has 0 aliphatic heterocycles. The number of aldehydes is 1. The van der Waals surface area contributed by atoms with E-state index in [0.29, 0.717) is 12.0 Å². The van der Waals surface area contributed by atoms with Crippen LogP contribution in [0.25, 0.3) is 6.08 Å². The molecule has 0 aliphatic carbocycles. The fraction of sp³-hybridized carbons (Fsp3) is 0.0833. The van der Waals surface area contributed by atoms with Crippen LogP contribution in [0.1, 0.15) is 21.5 Å². The Labute approximate surface area is 97.6 Å². The minimum atomic E-state index is -1.15. The standard InChI is InChI=1S/C12H9NO4/c1-17-11-4-2-8(7-14)10(6-13)9(11)3-5-12(15)16/h2-5,7H,1H3,(H,15,16)/b5-3+. The summed E-state index contributed by atoms with van der Waals surface area (Å²) < 4.78 is 5.01. The van der Waals surface area contributed by atoms with E-state index in [-0.39, 0.29) is 16.7 Å². The van der Waals surface area contributed by atoms with Crippen molar-refractivity contribution in [3.8, 4) is 11.8 Å². The van der Waals surface area contributed by atoms with Crippen molar-refractivity contribution in [2.75, 3.05) is 7.11 Å². The average molecular weight is 231 g/mol. The smallest absolute Gasteiger partial charge is 0.328 e. The van der Waals surface area contributed by atoms with E-state index in [1.807, 2.05) is 6.07 Å². The molecule has 0 bridgehead atoms. The van der Waals surface area contributed by atoms with Crippen molar-refractivity contribution in [2.45, 2.75) is 0 Å². The van der Waals surface area contributed by atoms with Crippen LogP contribution in [0.2, 0.25) is 0 Å². The Hall–Kier alpha value is -2.61. The molecule has 17 heavy (non-hydrogen) atoms. The van der Waals surface area contributed by atoms with E-state index in [1.165, 1.54) is 25.3 Å². The van der Waals surface area contributed by atoms with Gasteiger partial charge in [0.2, 0.25) is 0 Å². The van der Waals surface area contributed by atoms with Crippen molar-refractivity contribution in [3.05, 3.63) is 34.9 Å². The quantitative estimate of drug-likeness (QED) is 0.626. The van der Waals surface area contributed by atoms with Gasteiger partial charge in [0.25, 0.3) is 0 Å². The summed E-state index contributed by atoms with van der Waals surface area (Å²) in [6, 6.07) is 4.81. The van der Waals surface area contributed by atoms with Gasteiger partial charge in [-0.05, 0) is 18.2 Å². The molecule has 0 aliphatic rings. The zero-order valence-electron chi connectivity index (χ0n) is 9.01. The van der Waals surface area contributed by atoms with Crippen molar-refractivity contribution in [3.63, 3.8) is 0 Å². The van der Waals surface area contributed by atoms with E-state index < -0.39 is 5.97 Å². The highest BCUT2D eigenvalue weighted by Gasteiger charge is 2.11. The molecule has 0 heterocycles. The fourth-order valence-corrected chi connectivity index (χ4v) is 1.34. The Morgan fingerprint density at radius 2 is 2.24 bits per heavy atom. The molecular formula is C12H9NO4. The van der Waals surface area contributed by atoms with E-state index in [1.54, 1.807) is 0 Å². The topological polar surface area (TPSA) is 87.4 Å². The number of methoxy groups -OCH3 is 1. The highest BCUT2D eigenvalue weighted by molar-refractivity contribution is 5.89. The molecule has 1 rings (SSSR count). The summed E-state index contributed by atoms with van der Waals surface area (Å²) in [7, 11) is 1.40. The predicted octanol–water partition coefficient (Wildman–Crippen LogP) is 1.48. The number of rotatable bonds is 4. The summed E-state index contributed by atoms with van der Waals surface area (Å²) in [5.74, 6) is -0.808. The van der Waals surface area contributed by atoms with Gasteiger partial charge in [-0.15, -0.1) is 0 Å². The van der Waals surface area contributed by atoms with Gasteiger partial charge in [0.05, 0.1) is 12.7 Å². The normalized spacial score (nSPS) is 9.88. The third kappa shape index (κ3) is 2.69. The van der Waals surface area contributed by atoms with Crippen LogP contribution in [0.15, 0.2) is 18.2 Å². The zero-order valence-corrected chi connectivity index (χ0v) is 9.01. The van der Waals surface area contributed by atoms with Gasteiger partial charge < -0.3 is 9.84 Å². The lowest BCUT2D eigenvalue weighted by atomic mass is 10.0. The van der Waals surface area contributed by atoms with Gasteiger partial charge in [0, 0.05) is 17.2 Å². The van der Waals surface area contributed by atoms with Gasteiger partial charge >= 0.3 is 5.97 Å². The first-order chi connectivity index (χ1) is 8.13. The molecule has 0 atom stereocenters. The molecule has 0 spiro atoms. The van der Waals surface area contributed by atoms with Crippen molar-refractivity contribution in [1.82, 2.24) is 0 Å². The molecule has 5 heteroatoms. The number of carbonyl (C=O) groups is 2. The van der Waals surface area contributed by atoms with Crippen molar-refractivity contribution >= 4 is 18.3 Å². The number of aliphatic carboxylic acids is 1. The number of nitrogens with zero attached hydrogens (tertiary/aromatic N) is 1. The summed E-state index contributed by atoms with van der Waals surface area (Å²) in [6.45, 7) is 0. The molecule has 0 fully saturated rings. The Bertz CT molecular complexity index is 526. The van der Waals surface area contributed by atoms with Crippen LogP contribution in [-0.4, -0.2) is 24.5 Å². The SMILES string of the molecule is COc1ccc(C=O)c(C#N)c1/C=C/C(=O)O. The first-order valence-electron chi connectivity index (χ1n) is 4.61. The highest BCUT2D eigenvalue weighted by Crippen LogP contribution is 2.25. The van der Waals surface area contributed by atoms with Crippen LogP contribution in [0.4, 0.5) is 0 Å². The lowest BCUT2D eigenvalue weighted by Crippen LogP contribution is -1.97. The number of carbonyl (C=O) groups excluding carboxylic acids is 1. The first kappa shape index (κ1) is 12.5. The predicted molar refractivity (Wildman–Crippen MR) is 59.8 cm³/mol. The minimum Gasteiger partial charge on any atom is -0.496 e. The molecule has 86 valence electrons. The third-order valence-corrected chi connectivity index (χ3v) is 2.09. The number of nitriles is 1. The second-order valence-electron chi connectivity index (χ2n) is 3.05. The highest BCUT2D eigenvalue weighted by atomic mass is 16.5. The van der Waals surface area contributed by atoms with Crippen molar-refractivity contribution < 1.29 is 19.4 Å². The number of hydrogen-bond donors (Lipinski definition) is 1. The molecule has 0 radical (unpaired) electrons. The van der Waals surface area contributed by atoms with Gasteiger partial charge in [-0.2, -0.15) is 5.26 Å². The maximum absolute atomic E-state index is 10.7.